The van der Waals surface area contributed by atoms with Gasteiger partial charge in [-0.3, -0.25) is 4.79 Å². The number of hydrogen-bond acceptors (Lipinski definition) is 1. The summed E-state index contributed by atoms with van der Waals surface area (Å²) in [7, 11) is 0. The van der Waals surface area contributed by atoms with Crippen molar-refractivity contribution >= 4 is 6.29 Å². The first-order valence-electron chi connectivity index (χ1n) is 4.24. The van der Waals surface area contributed by atoms with Crippen LogP contribution in [0.1, 0.15) is 19.4 Å². The van der Waals surface area contributed by atoms with Crippen LogP contribution in [0.4, 0.5) is 8.78 Å². The van der Waals surface area contributed by atoms with Gasteiger partial charge in [0.2, 0.25) is 0 Å². The Morgan fingerprint density at radius 1 is 1.14 bits per heavy atom. The number of hydrogen-bond donors (Lipinski definition) is 0. The molecular formula is C11H11F2O. The average molecular weight is 197 g/mol. The van der Waals surface area contributed by atoms with Crippen molar-refractivity contribution in [2.45, 2.75) is 25.2 Å². The van der Waals surface area contributed by atoms with E-state index in [0.717, 1.165) is 6.29 Å². The van der Waals surface area contributed by atoms with E-state index in [1.165, 1.54) is 13.8 Å². The molecule has 0 saturated carbocycles. The smallest absolute Gasteiger partial charge is 0.284 e. The molecule has 0 heterocycles. The second-order valence-corrected chi connectivity index (χ2v) is 3.67. The van der Waals surface area contributed by atoms with Crippen molar-refractivity contribution in [2.24, 2.45) is 0 Å². The van der Waals surface area contributed by atoms with Gasteiger partial charge in [0.25, 0.3) is 6.29 Å². The highest BCUT2D eigenvalue weighted by molar-refractivity contribution is 5.64. The molecule has 1 nitrogen and oxygen atoms in total. The molecule has 1 radical (unpaired) electrons. The Morgan fingerprint density at radius 3 is 2.07 bits per heavy atom. The van der Waals surface area contributed by atoms with Gasteiger partial charge < -0.3 is 0 Å². The molecule has 0 aromatic heterocycles. The molecule has 75 valence electrons. The molecule has 0 amide bonds. The summed E-state index contributed by atoms with van der Waals surface area (Å²) in [5, 5.41) is 0. The number of rotatable bonds is 3. The molecule has 0 bridgehead atoms. The van der Waals surface area contributed by atoms with Gasteiger partial charge >= 0.3 is 5.92 Å². The summed E-state index contributed by atoms with van der Waals surface area (Å²) in [4.78, 5) is 10.2. The Bertz CT molecular complexity index is 317. The lowest BCUT2D eigenvalue weighted by Gasteiger charge is -2.29. The summed E-state index contributed by atoms with van der Waals surface area (Å²) < 4.78 is 26.4. The van der Waals surface area contributed by atoms with E-state index in [4.69, 9.17) is 0 Å². The van der Waals surface area contributed by atoms with Crippen LogP contribution in [-0.2, 0) is 10.2 Å². The first-order chi connectivity index (χ1) is 6.42. The molecule has 0 aliphatic rings. The molecule has 1 rings (SSSR count). The lowest BCUT2D eigenvalue weighted by molar-refractivity contribution is 0.00224. The van der Waals surface area contributed by atoms with Crippen molar-refractivity contribution in [2.75, 3.05) is 0 Å². The Kier molecular flexibility index (Phi) is 2.69. The van der Waals surface area contributed by atoms with E-state index in [9.17, 15) is 13.6 Å². The predicted molar refractivity (Wildman–Crippen MR) is 50.1 cm³/mol. The molecule has 0 spiro atoms. The van der Waals surface area contributed by atoms with Gasteiger partial charge in [0.05, 0.1) is 5.41 Å². The fraction of sp³-hybridized carbons (Fsp3) is 0.364. The van der Waals surface area contributed by atoms with E-state index in [1.54, 1.807) is 30.3 Å². The summed E-state index contributed by atoms with van der Waals surface area (Å²) in [5.74, 6) is -3.46. The summed E-state index contributed by atoms with van der Waals surface area (Å²) in [6.07, 6.45) is 0.797. The molecule has 0 aliphatic heterocycles. The molecule has 0 N–H and O–H groups in total. The summed E-state index contributed by atoms with van der Waals surface area (Å²) >= 11 is 0. The molecule has 1 aromatic carbocycles. The fourth-order valence-electron chi connectivity index (χ4n) is 1.16. The van der Waals surface area contributed by atoms with Gasteiger partial charge in [-0.25, -0.2) is 0 Å². The highest BCUT2D eigenvalue weighted by atomic mass is 19.3. The van der Waals surface area contributed by atoms with Gasteiger partial charge in [-0.15, -0.1) is 0 Å². The minimum absolute atomic E-state index is 0.424. The van der Waals surface area contributed by atoms with Gasteiger partial charge in [-0.1, -0.05) is 30.3 Å². The lowest BCUT2D eigenvalue weighted by Crippen LogP contribution is -2.41. The van der Waals surface area contributed by atoms with Gasteiger partial charge in [-0.2, -0.15) is 8.78 Å². The van der Waals surface area contributed by atoms with Crippen molar-refractivity contribution in [1.29, 1.82) is 0 Å². The minimum Gasteiger partial charge on any atom is -0.284 e. The van der Waals surface area contributed by atoms with E-state index in [0.29, 0.717) is 5.56 Å². The highest BCUT2D eigenvalue weighted by Crippen LogP contribution is 2.37. The molecule has 0 aliphatic carbocycles. The lowest BCUT2D eigenvalue weighted by atomic mass is 9.79. The first kappa shape index (κ1) is 10.8. The van der Waals surface area contributed by atoms with Gasteiger partial charge in [0, 0.05) is 0 Å². The highest BCUT2D eigenvalue weighted by Gasteiger charge is 2.48. The van der Waals surface area contributed by atoms with Crippen molar-refractivity contribution in [3.8, 4) is 0 Å². The second-order valence-electron chi connectivity index (χ2n) is 3.67. The SMILES string of the molecule is CC(C)(c1ccccc1)C(F)(F)[C]=O. The third-order valence-corrected chi connectivity index (χ3v) is 2.41. The molecule has 0 atom stereocenters. The van der Waals surface area contributed by atoms with Crippen LogP contribution < -0.4 is 0 Å². The maximum atomic E-state index is 13.2. The normalized spacial score (nSPS) is 12.6. The van der Waals surface area contributed by atoms with Crippen LogP contribution in [-0.4, -0.2) is 12.2 Å². The minimum atomic E-state index is -3.46. The largest absolute Gasteiger partial charge is 0.321 e. The topological polar surface area (TPSA) is 17.1 Å². The van der Waals surface area contributed by atoms with E-state index in [1.807, 2.05) is 0 Å². The Balaban J connectivity index is 3.14. The van der Waals surface area contributed by atoms with Crippen molar-refractivity contribution in [1.82, 2.24) is 0 Å². The van der Waals surface area contributed by atoms with Crippen LogP contribution >= 0.6 is 0 Å². The summed E-state index contributed by atoms with van der Waals surface area (Å²) in [6, 6.07) is 8.22. The van der Waals surface area contributed by atoms with Crippen molar-refractivity contribution in [3.05, 3.63) is 35.9 Å². The maximum Gasteiger partial charge on any atom is 0.321 e. The predicted octanol–water partition coefficient (Wildman–Crippen LogP) is 2.71. The summed E-state index contributed by atoms with van der Waals surface area (Å²) in [5.41, 5.74) is -1.09. The van der Waals surface area contributed by atoms with Gasteiger partial charge in [-0.05, 0) is 19.4 Å². The Hall–Kier alpha value is -1.25. The zero-order valence-corrected chi connectivity index (χ0v) is 8.05. The third-order valence-electron chi connectivity index (χ3n) is 2.41. The van der Waals surface area contributed by atoms with E-state index in [2.05, 4.69) is 0 Å². The average Bonchev–Trinajstić information content (AvgIpc) is 2.19. The van der Waals surface area contributed by atoms with Crippen molar-refractivity contribution < 1.29 is 13.6 Å². The zero-order chi connectivity index (χ0) is 10.8. The number of carbonyl (C=O) groups excluding carboxylic acids is 1. The number of halogens is 2. The van der Waals surface area contributed by atoms with Crippen LogP contribution in [0, 0.1) is 0 Å². The van der Waals surface area contributed by atoms with Crippen molar-refractivity contribution in [3.63, 3.8) is 0 Å². The maximum absolute atomic E-state index is 13.2. The Morgan fingerprint density at radius 2 is 1.64 bits per heavy atom. The first-order valence-corrected chi connectivity index (χ1v) is 4.24. The summed E-state index contributed by atoms with van der Waals surface area (Å²) in [6.45, 7) is 2.65. The zero-order valence-electron chi connectivity index (χ0n) is 8.05. The second kappa shape index (κ2) is 3.48. The molecule has 1 aromatic rings. The molecule has 0 saturated heterocycles. The Labute approximate surface area is 81.7 Å². The van der Waals surface area contributed by atoms with Crippen LogP contribution in [0.5, 0.6) is 0 Å². The van der Waals surface area contributed by atoms with Gasteiger partial charge in [0.15, 0.2) is 0 Å². The fourth-order valence-corrected chi connectivity index (χ4v) is 1.16. The standard InChI is InChI=1S/C11H11F2O/c1-10(2,11(12,13)8-14)9-6-4-3-5-7-9/h3-7H,1-2H3. The van der Waals surface area contributed by atoms with Gasteiger partial charge in [0.1, 0.15) is 0 Å². The van der Waals surface area contributed by atoms with Crippen LogP contribution in [0.15, 0.2) is 30.3 Å². The van der Waals surface area contributed by atoms with E-state index in [-0.39, 0.29) is 0 Å². The number of alkyl halides is 2. The molecule has 14 heavy (non-hydrogen) atoms. The number of benzene rings is 1. The molecular weight excluding hydrogens is 186 g/mol. The molecule has 0 fully saturated rings. The van der Waals surface area contributed by atoms with Crippen LogP contribution in [0.3, 0.4) is 0 Å². The third kappa shape index (κ3) is 1.67. The van der Waals surface area contributed by atoms with Crippen LogP contribution in [0.2, 0.25) is 0 Å². The van der Waals surface area contributed by atoms with Crippen LogP contribution in [0.25, 0.3) is 0 Å². The molecule has 3 heteroatoms. The van der Waals surface area contributed by atoms with E-state index >= 15 is 0 Å². The molecule has 0 unspecified atom stereocenters. The quantitative estimate of drug-likeness (QED) is 0.728. The van der Waals surface area contributed by atoms with E-state index < -0.39 is 11.3 Å². The monoisotopic (exact) mass is 197 g/mol.